The molecule has 0 bridgehead atoms. The van der Waals surface area contributed by atoms with E-state index in [-0.39, 0.29) is 22.4 Å². The van der Waals surface area contributed by atoms with E-state index in [2.05, 4.69) is 0 Å². The van der Waals surface area contributed by atoms with Gasteiger partial charge in [0.1, 0.15) is 11.5 Å². The minimum atomic E-state index is -4.41. The summed E-state index contributed by atoms with van der Waals surface area (Å²) in [6.45, 7) is 0. The number of halogens is 3. The first-order valence-electron chi connectivity index (χ1n) is 3.55. The van der Waals surface area contributed by atoms with E-state index in [1.807, 2.05) is 0 Å². The second kappa shape index (κ2) is 4.00. The van der Waals surface area contributed by atoms with Crippen molar-refractivity contribution in [3.05, 3.63) is 18.2 Å². The van der Waals surface area contributed by atoms with Crippen LogP contribution in [0.5, 0.6) is 11.5 Å². The summed E-state index contributed by atoms with van der Waals surface area (Å²) in [5, 5.41) is 9.12. The lowest BCUT2D eigenvalue weighted by atomic mass is 10.3. The molecule has 0 aliphatic carbocycles. The van der Waals surface area contributed by atoms with Gasteiger partial charge in [0.15, 0.2) is 0 Å². The first-order chi connectivity index (χ1) is 6.42. The number of hydrogen-bond acceptors (Lipinski definition) is 3. The van der Waals surface area contributed by atoms with Gasteiger partial charge in [-0.3, -0.25) is 0 Å². The number of rotatable bonds is 2. The van der Waals surface area contributed by atoms with Gasteiger partial charge in [-0.15, -0.1) is 0 Å². The second-order valence-corrected chi connectivity index (χ2v) is 3.49. The highest BCUT2D eigenvalue weighted by Crippen LogP contribution is 2.42. The van der Waals surface area contributed by atoms with Crippen LogP contribution in [0.1, 0.15) is 0 Å². The van der Waals surface area contributed by atoms with E-state index in [0.29, 0.717) is 0 Å². The van der Waals surface area contributed by atoms with E-state index in [9.17, 15) is 13.2 Å². The summed E-state index contributed by atoms with van der Waals surface area (Å²) >= 11 is -0.373. The molecule has 0 radical (unpaired) electrons. The Kier molecular flexibility index (Phi) is 3.15. The minimum Gasteiger partial charge on any atom is -0.507 e. The molecule has 1 aromatic carbocycles. The van der Waals surface area contributed by atoms with E-state index < -0.39 is 11.3 Å². The molecule has 1 aromatic rings. The average Bonchev–Trinajstić information content (AvgIpc) is 2.06. The zero-order valence-corrected chi connectivity index (χ0v) is 7.95. The van der Waals surface area contributed by atoms with E-state index in [0.717, 1.165) is 12.1 Å². The standard InChI is InChI=1S/C8H7F3O2S/c1-13-5-2-3-6(12)7(4-5)14-8(9,10)11/h2-4,12H,1H3. The van der Waals surface area contributed by atoms with Crippen LogP contribution in [0.25, 0.3) is 0 Å². The lowest BCUT2D eigenvalue weighted by Gasteiger charge is -2.08. The van der Waals surface area contributed by atoms with Crippen molar-refractivity contribution in [2.45, 2.75) is 10.4 Å². The Balaban J connectivity index is 2.95. The number of benzene rings is 1. The summed E-state index contributed by atoms with van der Waals surface area (Å²) in [5.74, 6) is -0.136. The summed E-state index contributed by atoms with van der Waals surface area (Å²) in [4.78, 5) is -0.267. The van der Waals surface area contributed by atoms with Crippen LogP contribution in [-0.2, 0) is 0 Å². The number of aromatic hydroxyl groups is 1. The fraction of sp³-hybridized carbons (Fsp3) is 0.250. The van der Waals surface area contributed by atoms with Crippen LogP contribution in [0.3, 0.4) is 0 Å². The van der Waals surface area contributed by atoms with Crippen molar-refractivity contribution in [2.24, 2.45) is 0 Å². The SMILES string of the molecule is COc1ccc(O)c(SC(F)(F)F)c1. The predicted octanol–water partition coefficient (Wildman–Crippen LogP) is 3.01. The molecule has 0 unspecified atom stereocenters. The smallest absolute Gasteiger partial charge is 0.446 e. The first kappa shape index (κ1) is 11.0. The highest BCUT2D eigenvalue weighted by Gasteiger charge is 2.30. The van der Waals surface area contributed by atoms with Gasteiger partial charge in [0, 0.05) is 0 Å². The molecular formula is C8H7F3O2S. The third-order valence-corrected chi connectivity index (χ3v) is 2.17. The zero-order valence-electron chi connectivity index (χ0n) is 7.13. The Bertz CT molecular complexity index is 325. The molecule has 0 fully saturated rings. The van der Waals surface area contributed by atoms with Crippen LogP contribution in [0.2, 0.25) is 0 Å². The Labute approximate surface area is 82.7 Å². The van der Waals surface area contributed by atoms with Gasteiger partial charge in [-0.2, -0.15) is 13.2 Å². The maximum atomic E-state index is 12.0. The lowest BCUT2D eigenvalue weighted by Crippen LogP contribution is -1.99. The highest BCUT2D eigenvalue weighted by molar-refractivity contribution is 8.00. The predicted molar refractivity (Wildman–Crippen MR) is 46.6 cm³/mol. The van der Waals surface area contributed by atoms with Gasteiger partial charge in [0.05, 0.1) is 12.0 Å². The molecule has 0 aliphatic heterocycles. The van der Waals surface area contributed by atoms with E-state index >= 15 is 0 Å². The molecular weight excluding hydrogens is 217 g/mol. The number of methoxy groups -OCH3 is 1. The summed E-state index contributed by atoms with van der Waals surface area (Å²) in [6, 6.07) is 3.68. The lowest BCUT2D eigenvalue weighted by molar-refractivity contribution is -0.0329. The molecule has 0 heterocycles. The monoisotopic (exact) mass is 224 g/mol. The normalized spacial score (nSPS) is 11.4. The summed E-state index contributed by atoms with van der Waals surface area (Å²) < 4.78 is 40.6. The van der Waals surface area contributed by atoms with Gasteiger partial charge < -0.3 is 9.84 Å². The Hall–Kier alpha value is -1.04. The summed E-state index contributed by atoms with van der Waals surface area (Å²) in [6.07, 6.45) is 0. The molecule has 0 amide bonds. The van der Waals surface area contributed by atoms with Crippen molar-refractivity contribution in [2.75, 3.05) is 7.11 Å². The van der Waals surface area contributed by atoms with Crippen LogP contribution >= 0.6 is 11.8 Å². The van der Waals surface area contributed by atoms with Crippen LogP contribution < -0.4 is 4.74 Å². The van der Waals surface area contributed by atoms with Gasteiger partial charge in [0.2, 0.25) is 0 Å². The fourth-order valence-corrected chi connectivity index (χ4v) is 1.42. The quantitative estimate of drug-likeness (QED) is 0.783. The highest BCUT2D eigenvalue weighted by atomic mass is 32.2. The van der Waals surface area contributed by atoms with E-state index in [1.165, 1.54) is 13.2 Å². The topological polar surface area (TPSA) is 29.5 Å². The van der Waals surface area contributed by atoms with Crippen molar-refractivity contribution < 1.29 is 23.0 Å². The first-order valence-corrected chi connectivity index (χ1v) is 4.37. The third kappa shape index (κ3) is 3.02. The molecule has 1 N–H and O–H groups in total. The number of hydrogen-bond donors (Lipinski definition) is 1. The average molecular weight is 224 g/mol. The molecule has 1 rings (SSSR count). The van der Waals surface area contributed by atoms with Crippen molar-refractivity contribution in [3.63, 3.8) is 0 Å². The molecule has 0 atom stereocenters. The van der Waals surface area contributed by atoms with E-state index in [1.54, 1.807) is 0 Å². The van der Waals surface area contributed by atoms with Gasteiger partial charge in [-0.1, -0.05) is 0 Å². The molecule has 0 aliphatic rings. The Morgan fingerprint density at radius 3 is 2.50 bits per heavy atom. The van der Waals surface area contributed by atoms with Crippen molar-refractivity contribution in [1.82, 2.24) is 0 Å². The van der Waals surface area contributed by atoms with E-state index in [4.69, 9.17) is 9.84 Å². The fourth-order valence-electron chi connectivity index (χ4n) is 0.828. The summed E-state index contributed by atoms with van der Waals surface area (Å²) in [5.41, 5.74) is -4.41. The number of ether oxygens (including phenoxy) is 1. The number of phenols is 1. The molecule has 14 heavy (non-hydrogen) atoms. The van der Waals surface area contributed by atoms with Crippen LogP contribution in [0.4, 0.5) is 13.2 Å². The molecule has 0 spiro atoms. The zero-order chi connectivity index (χ0) is 10.8. The number of alkyl halides is 3. The maximum Gasteiger partial charge on any atom is 0.446 e. The van der Waals surface area contributed by atoms with Gasteiger partial charge in [0.25, 0.3) is 0 Å². The molecule has 6 heteroatoms. The van der Waals surface area contributed by atoms with Crippen molar-refractivity contribution in [1.29, 1.82) is 0 Å². The molecule has 2 nitrogen and oxygen atoms in total. The Morgan fingerprint density at radius 2 is 2.00 bits per heavy atom. The van der Waals surface area contributed by atoms with Gasteiger partial charge in [-0.25, -0.2) is 0 Å². The molecule has 0 aromatic heterocycles. The molecule has 0 saturated carbocycles. The van der Waals surface area contributed by atoms with Crippen LogP contribution in [0, 0.1) is 0 Å². The molecule has 0 saturated heterocycles. The van der Waals surface area contributed by atoms with Crippen molar-refractivity contribution >= 4 is 11.8 Å². The third-order valence-electron chi connectivity index (χ3n) is 1.39. The van der Waals surface area contributed by atoms with Crippen LogP contribution in [0.15, 0.2) is 23.1 Å². The van der Waals surface area contributed by atoms with Crippen molar-refractivity contribution in [3.8, 4) is 11.5 Å². The van der Waals surface area contributed by atoms with Gasteiger partial charge >= 0.3 is 5.51 Å². The molecule has 78 valence electrons. The van der Waals surface area contributed by atoms with Crippen LogP contribution in [-0.4, -0.2) is 17.7 Å². The number of thioether (sulfide) groups is 1. The Morgan fingerprint density at radius 1 is 1.36 bits per heavy atom. The second-order valence-electron chi connectivity index (χ2n) is 2.38. The largest absolute Gasteiger partial charge is 0.507 e. The maximum absolute atomic E-state index is 12.0. The minimum absolute atomic E-state index is 0.267. The van der Waals surface area contributed by atoms with Gasteiger partial charge in [-0.05, 0) is 30.0 Å². The summed E-state index contributed by atoms with van der Waals surface area (Å²) in [7, 11) is 1.34. The number of phenolic OH excluding ortho intramolecular Hbond substituents is 1.